The molecule has 0 atom stereocenters. The molecule has 0 bridgehead atoms. The normalized spacial score (nSPS) is 10.4. The Morgan fingerprint density at radius 2 is 2.24 bits per heavy atom. The van der Waals surface area contributed by atoms with Crippen molar-refractivity contribution in [2.75, 3.05) is 23.8 Å². The molecule has 0 aliphatic rings. The number of nitrogens with zero attached hydrogens (tertiary/aromatic N) is 2. The first-order valence-electron chi connectivity index (χ1n) is 5.69. The summed E-state index contributed by atoms with van der Waals surface area (Å²) in [5.41, 5.74) is 5.63. The fourth-order valence-corrected chi connectivity index (χ4v) is 1.47. The van der Waals surface area contributed by atoms with Gasteiger partial charge in [-0.05, 0) is 32.9 Å². The lowest BCUT2D eigenvalue weighted by atomic mass is 10.3. The fourth-order valence-electron chi connectivity index (χ4n) is 1.47. The summed E-state index contributed by atoms with van der Waals surface area (Å²) >= 11 is 0. The lowest BCUT2D eigenvalue weighted by Gasteiger charge is -2.26. The van der Waals surface area contributed by atoms with Gasteiger partial charge in [-0.25, -0.2) is 4.98 Å². The van der Waals surface area contributed by atoms with Gasteiger partial charge in [-0.1, -0.05) is 6.07 Å². The molecule has 0 unspecified atom stereocenters. The molecule has 94 valence electrons. The fraction of sp³-hybridized carbons (Fsp3) is 0.500. The summed E-state index contributed by atoms with van der Waals surface area (Å²) in [5.74, 6) is 0.871. The molecule has 0 saturated carbocycles. The summed E-state index contributed by atoms with van der Waals surface area (Å²) in [4.78, 5) is 17.6. The van der Waals surface area contributed by atoms with E-state index in [-0.39, 0.29) is 18.6 Å². The van der Waals surface area contributed by atoms with Crippen LogP contribution in [0.4, 0.5) is 11.6 Å². The van der Waals surface area contributed by atoms with Crippen LogP contribution in [0.25, 0.3) is 0 Å². The number of carbonyl (C=O) groups is 1. The van der Waals surface area contributed by atoms with E-state index in [1.54, 1.807) is 13.0 Å². The lowest BCUT2D eigenvalue weighted by molar-refractivity contribution is -0.141. The highest BCUT2D eigenvalue weighted by Gasteiger charge is 2.16. The molecule has 0 saturated heterocycles. The van der Waals surface area contributed by atoms with Crippen molar-refractivity contribution >= 4 is 17.6 Å². The van der Waals surface area contributed by atoms with Gasteiger partial charge in [0.05, 0.1) is 6.61 Å². The smallest absolute Gasteiger partial charge is 0.325 e. The highest BCUT2D eigenvalue weighted by atomic mass is 16.5. The number of aromatic nitrogens is 1. The van der Waals surface area contributed by atoms with Crippen LogP contribution in [-0.4, -0.2) is 30.1 Å². The number of hydrogen-bond acceptors (Lipinski definition) is 5. The Labute approximate surface area is 102 Å². The van der Waals surface area contributed by atoms with Gasteiger partial charge >= 0.3 is 5.97 Å². The average molecular weight is 237 g/mol. The molecule has 1 rings (SSSR count). The Kier molecular flexibility index (Phi) is 4.75. The topological polar surface area (TPSA) is 68.5 Å². The monoisotopic (exact) mass is 237 g/mol. The van der Waals surface area contributed by atoms with E-state index in [1.807, 2.05) is 30.9 Å². The van der Waals surface area contributed by atoms with Gasteiger partial charge < -0.3 is 15.4 Å². The number of carbonyl (C=O) groups excluding carboxylic acids is 1. The first-order chi connectivity index (χ1) is 8.04. The molecule has 0 aliphatic heterocycles. The molecule has 1 aromatic heterocycles. The SMILES string of the molecule is CCOC(=O)CN(c1cccc(N)n1)C(C)C. The van der Waals surface area contributed by atoms with E-state index < -0.39 is 0 Å². The third-order valence-electron chi connectivity index (χ3n) is 2.28. The van der Waals surface area contributed by atoms with Crippen LogP contribution in [0.5, 0.6) is 0 Å². The molecule has 5 nitrogen and oxygen atoms in total. The van der Waals surface area contributed by atoms with Crippen LogP contribution in [-0.2, 0) is 9.53 Å². The number of nitrogens with two attached hydrogens (primary N) is 1. The van der Waals surface area contributed by atoms with E-state index in [0.717, 1.165) is 0 Å². The highest BCUT2D eigenvalue weighted by Crippen LogP contribution is 2.15. The van der Waals surface area contributed by atoms with Crippen molar-refractivity contribution in [3.05, 3.63) is 18.2 Å². The first-order valence-corrected chi connectivity index (χ1v) is 5.69. The lowest BCUT2D eigenvalue weighted by Crippen LogP contribution is -2.37. The largest absolute Gasteiger partial charge is 0.465 e. The maximum Gasteiger partial charge on any atom is 0.325 e. The second-order valence-corrected chi connectivity index (χ2v) is 3.95. The van der Waals surface area contributed by atoms with Crippen molar-refractivity contribution in [3.8, 4) is 0 Å². The molecule has 1 heterocycles. The number of rotatable bonds is 5. The molecular formula is C12H19N3O2. The minimum atomic E-state index is -0.259. The van der Waals surface area contributed by atoms with Crippen molar-refractivity contribution in [3.63, 3.8) is 0 Å². The van der Waals surface area contributed by atoms with E-state index >= 15 is 0 Å². The van der Waals surface area contributed by atoms with Crippen LogP contribution in [0.2, 0.25) is 0 Å². The van der Waals surface area contributed by atoms with E-state index in [1.165, 1.54) is 0 Å². The molecular weight excluding hydrogens is 218 g/mol. The van der Waals surface area contributed by atoms with E-state index in [4.69, 9.17) is 10.5 Å². The maximum absolute atomic E-state index is 11.5. The second kappa shape index (κ2) is 6.08. The Bertz CT molecular complexity index is 380. The van der Waals surface area contributed by atoms with Crippen LogP contribution < -0.4 is 10.6 Å². The Morgan fingerprint density at radius 1 is 1.53 bits per heavy atom. The average Bonchev–Trinajstić information content (AvgIpc) is 2.26. The van der Waals surface area contributed by atoms with Gasteiger partial charge in [0.15, 0.2) is 0 Å². The molecule has 0 radical (unpaired) electrons. The van der Waals surface area contributed by atoms with Crippen LogP contribution in [0.1, 0.15) is 20.8 Å². The van der Waals surface area contributed by atoms with Crippen LogP contribution in [0.15, 0.2) is 18.2 Å². The predicted molar refractivity (Wildman–Crippen MR) is 67.8 cm³/mol. The molecule has 1 aromatic rings. The number of nitrogen functional groups attached to an aromatic ring is 1. The Hall–Kier alpha value is -1.78. The highest BCUT2D eigenvalue weighted by molar-refractivity contribution is 5.75. The van der Waals surface area contributed by atoms with Crippen molar-refractivity contribution in [1.29, 1.82) is 0 Å². The molecule has 5 heteroatoms. The van der Waals surface area contributed by atoms with Crippen LogP contribution in [0, 0.1) is 0 Å². The van der Waals surface area contributed by atoms with Crippen LogP contribution >= 0.6 is 0 Å². The Morgan fingerprint density at radius 3 is 2.76 bits per heavy atom. The summed E-state index contributed by atoms with van der Waals surface area (Å²) in [5, 5.41) is 0. The minimum Gasteiger partial charge on any atom is -0.465 e. The summed E-state index contributed by atoms with van der Waals surface area (Å²) in [7, 11) is 0. The van der Waals surface area contributed by atoms with E-state index in [9.17, 15) is 4.79 Å². The van der Waals surface area contributed by atoms with Gasteiger partial charge in [0.2, 0.25) is 0 Å². The number of anilines is 2. The van der Waals surface area contributed by atoms with Crippen LogP contribution in [0.3, 0.4) is 0 Å². The second-order valence-electron chi connectivity index (χ2n) is 3.95. The standard InChI is InChI=1S/C12H19N3O2/c1-4-17-12(16)8-15(9(2)3)11-7-5-6-10(13)14-11/h5-7,9H,4,8H2,1-3H3,(H2,13,14). The van der Waals surface area contributed by atoms with Crippen molar-refractivity contribution in [1.82, 2.24) is 4.98 Å². The zero-order chi connectivity index (χ0) is 12.8. The predicted octanol–water partition coefficient (Wildman–Crippen LogP) is 1.44. The minimum absolute atomic E-state index is 0.147. The van der Waals surface area contributed by atoms with E-state index in [0.29, 0.717) is 18.2 Å². The molecule has 0 aliphatic carbocycles. The molecule has 17 heavy (non-hydrogen) atoms. The van der Waals surface area contributed by atoms with Gasteiger partial charge in [0.1, 0.15) is 18.2 Å². The van der Waals surface area contributed by atoms with E-state index in [2.05, 4.69) is 4.98 Å². The number of pyridine rings is 1. The summed E-state index contributed by atoms with van der Waals surface area (Å²) in [6.45, 7) is 6.33. The number of ether oxygens (including phenoxy) is 1. The third kappa shape index (κ3) is 3.94. The molecule has 0 spiro atoms. The van der Waals surface area contributed by atoms with Gasteiger partial charge in [-0.3, -0.25) is 4.79 Å². The van der Waals surface area contributed by atoms with Gasteiger partial charge in [0, 0.05) is 6.04 Å². The summed E-state index contributed by atoms with van der Waals surface area (Å²) in [6, 6.07) is 5.51. The van der Waals surface area contributed by atoms with Gasteiger partial charge in [-0.15, -0.1) is 0 Å². The van der Waals surface area contributed by atoms with Gasteiger partial charge in [0.25, 0.3) is 0 Å². The zero-order valence-electron chi connectivity index (χ0n) is 10.5. The number of hydrogen-bond donors (Lipinski definition) is 1. The number of esters is 1. The first kappa shape index (κ1) is 13.3. The molecule has 0 amide bonds. The van der Waals surface area contributed by atoms with Crippen molar-refractivity contribution in [2.24, 2.45) is 0 Å². The zero-order valence-corrected chi connectivity index (χ0v) is 10.5. The summed E-state index contributed by atoms with van der Waals surface area (Å²) in [6.07, 6.45) is 0. The summed E-state index contributed by atoms with van der Waals surface area (Å²) < 4.78 is 4.93. The third-order valence-corrected chi connectivity index (χ3v) is 2.28. The maximum atomic E-state index is 11.5. The molecule has 2 N–H and O–H groups in total. The molecule has 0 fully saturated rings. The molecule has 0 aromatic carbocycles. The van der Waals surface area contributed by atoms with Gasteiger partial charge in [-0.2, -0.15) is 0 Å². The van der Waals surface area contributed by atoms with Crippen molar-refractivity contribution in [2.45, 2.75) is 26.8 Å². The quantitative estimate of drug-likeness (QED) is 0.785. The van der Waals surface area contributed by atoms with Crippen molar-refractivity contribution < 1.29 is 9.53 Å². The Balaban J connectivity index is 2.82.